The molecule has 0 fully saturated rings. The van der Waals surface area contributed by atoms with Crippen LogP contribution in [-0.4, -0.2) is 5.78 Å². The van der Waals surface area contributed by atoms with Crippen LogP contribution in [0, 0.1) is 6.92 Å². The first kappa shape index (κ1) is 10.9. The second-order valence-electron chi connectivity index (χ2n) is 3.63. The third-order valence-electron chi connectivity index (χ3n) is 2.42. The minimum Gasteiger partial charge on any atom is -0.423 e. The molecule has 4 heteroatoms. The lowest BCUT2D eigenvalue weighted by molar-refractivity contribution is 0.101. The Morgan fingerprint density at radius 1 is 1.31 bits per heavy atom. The first-order valence-corrected chi connectivity index (χ1v) is 5.12. The molecule has 3 nitrogen and oxygen atoms in total. The van der Waals surface area contributed by atoms with E-state index < -0.39 is 5.63 Å². The Kier molecular flexibility index (Phi) is 2.56. The molecule has 0 saturated carbocycles. The summed E-state index contributed by atoms with van der Waals surface area (Å²) in [6, 6.07) is 4.54. The van der Waals surface area contributed by atoms with Gasteiger partial charge in [-0.1, -0.05) is 11.6 Å². The zero-order valence-corrected chi connectivity index (χ0v) is 9.59. The molecule has 1 aromatic heterocycles. The zero-order chi connectivity index (χ0) is 11.9. The monoisotopic (exact) mass is 236 g/mol. The van der Waals surface area contributed by atoms with Gasteiger partial charge in [0.1, 0.15) is 5.58 Å². The van der Waals surface area contributed by atoms with E-state index in [-0.39, 0.29) is 5.78 Å². The van der Waals surface area contributed by atoms with Gasteiger partial charge in [-0.3, -0.25) is 4.79 Å². The molecule has 0 aliphatic carbocycles. The molecule has 0 aliphatic heterocycles. The van der Waals surface area contributed by atoms with Crippen molar-refractivity contribution in [1.82, 2.24) is 0 Å². The van der Waals surface area contributed by atoms with Crippen LogP contribution in [0.25, 0.3) is 11.0 Å². The quantitative estimate of drug-likeness (QED) is 0.565. The number of halogens is 1. The van der Waals surface area contributed by atoms with Crippen LogP contribution in [0.5, 0.6) is 0 Å². The van der Waals surface area contributed by atoms with Gasteiger partial charge in [-0.25, -0.2) is 4.79 Å². The molecule has 0 spiro atoms. The Morgan fingerprint density at radius 2 is 2.00 bits per heavy atom. The van der Waals surface area contributed by atoms with Crippen LogP contribution in [0.3, 0.4) is 0 Å². The van der Waals surface area contributed by atoms with Gasteiger partial charge in [0.2, 0.25) is 0 Å². The lowest BCUT2D eigenvalue weighted by Gasteiger charge is -2.04. The van der Waals surface area contributed by atoms with Crippen molar-refractivity contribution in [2.75, 3.05) is 0 Å². The second kappa shape index (κ2) is 3.76. The van der Waals surface area contributed by atoms with Gasteiger partial charge >= 0.3 is 5.63 Å². The molecule has 0 aliphatic rings. The van der Waals surface area contributed by atoms with Crippen molar-refractivity contribution in [1.29, 1.82) is 0 Å². The van der Waals surface area contributed by atoms with Crippen molar-refractivity contribution >= 4 is 28.4 Å². The van der Waals surface area contributed by atoms with Gasteiger partial charge in [-0.05, 0) is 25.5 Å². The number of fused-ring (bicyclic) bond motifs is 1. The first-order chi connectivity index (χ1) is 7.49. The number of carbonyl (C=O) groups excluding carboxylic acids is 1. The van der Waals surface area contributed by atoms with Crippen LogP contribution in [0.1, 0.15) is 22.8 Å². The molecule has 0 amide bonds. The molecule has 0 atom stereocenters. The Labute approximate surface area is 96.6 Å². The van der Waals surface area contributed by atoms with Crippen molar-refractivity contribution < 1.29 is 9.21 Å². The summed E-state index contributed by atoms with van der Waals surface area (Å²) in [6.45, 7) is 3.23. The number of hydrogen-bond donors (Lipinski definition) is 0. The Bertz CT molecular complexity index is 640. The highest BCUT2D eigenvalue weighted by Gasteiger charge is 2.10. The molecule has 0 unspecified atom stereocenters. The fraction of sp³-hybridized carbons (Fsp3) is 0.167. The topological polar surface area (TPSA) is 47.3 Å². The maximum absolute atomic E-state index is 11.3. The van der Waals surface area contributed by atoms with Crippen LogP contribution in [0.2, 0.25) is 5.02 Å². The summed E-state index contributed by atoms with van der Waals surface area (Å²) in [5.41, 5.74) is 1.19. The zero-order valence-electron chi connectivity index (χ0n) is 8.83. The fourth-order valence-electron chi connectivity index (χ4n) is 1.61. The lowest BCUT2D eigenvalue weighted by Crippen LogP contribution is -2.00. The van der Waals surface area contributed by atoms with Gasteiger partial charge in [0.05, 0.1) is 5.02 Å². The van der Waals surface area contributed by atoms with Crippen molar-refractivity contribution in [3.8, 4) is 0 Å². The van der Waals surface area contributed by atoms with Gasteiger partial charge < -0.3 is 4.42 Å². The predicted molar refractivity (Wildman–Crippen MR) is 62.2 cm³/mol. The Balaban J connectivity index is 2.90. The number of rotatable bonds is 1. The number of benzene rings is 1. The third-order valence-corrected chi connectivity index (χ3v) is 2.73. The highest BCUT2D eigenvalue weighted by atomic mass is 35.5. The lowest BCUT2D eigenvalue weighted by atomic mass is 10.1. The van der Waals surface area contributed by atoms with Crippen molar-refractivity contribution in [2.24, 2.45) is 0 Å². The minimum absolute atomic E-state index is 0.113. The van der Waals surface area contributed by atoms with Crippen molar-refractivity contribution in [3.05, 3.63) is 44.8 Å². The molecule has 1 aromatic carbocycles. The standard InChI is InChI=1S/C12H9ClO3/c1-6-3-12(15)16-11-5-10(13)9(7(2)14)4-8(6)11/h3-5H,1-2H3. The number of ketones is 1. The molecular formula is C12H9ClO3. The van der Waals surface area contributed by atoms with E-state index in [1.165, 1.54) is 19.1 Å². The van der Waals surface area contributed by atoms with Crippen LogP contribution >= 0.6 is 11.6 Å². The maximum Gasteiger partial charge on any atom is 0.336 e. The van der Waals surface area contributed by atoms with Gasteiger partial charge in [-0.15, -0.1) is 0 Å². The van der Waals surface area contributed by atoms with Crippen molar-refractivity contribution in [3.63, 3.8) is 0 Å². The van der Waals surface area contributed by atoms with Crippen LogP contribution < -0.4 is 5.63 Å². The Morgan fingerprint density at radius 3 is 2.62 bits per heavy atom. The van der Waals surface area contributed by atoms with E-state index in [2.05, 4.69) is 0 Å². The van der Waals surface area contributed by atoms with E-state index >= 15 is 0 Å². The normalized spacial score (nSPS) is 10.7. The molecule has 82 valence electrons. The molecule has 2 aromatic rings. The smallest absolute Gasteiger partial charge is 0.336 e. The largest absolute Gasteiger partial charge is 0.423 e. The molecule has 0 saturated heterocycles. The summed E-state index contributed by atoms with van der Waals surface area (Å²) in [6.07, 6.45) is 0. The summed E-state index contributed by atoms with van der Waals surface area (Å²) >= 11 is 5.92. The van der Waals surface area contributed by atoms with E-state index in [1.54, 1.807) is 13.0 Å². The Hall–Kier alpha value is -1.61. The molecule has 0 radical (unpaired) electrons. The molecule has 1 heterocycles. The van der Waals surface area contributed by atoms with E-state index in [1.807, 2.05) is 0 Å². The van der Waals surface area contributed by atoms with E-state index in [0.29, 0.717) is 16.2 Å². The number of carbonyl (C=O) groups is 1. The predicted octanol–water partition coefficient (Wildman–Crippen LogP) is 2.96. The number of hydrogen-bond acceptors (Lipinski definition) is 3. The number of Topliss-reactive ketones (excluding diaryl/α,β-unsaturated/α-hetero) is 1. The highest BCUT2D eigenvalue weighted by Crippen LogP contribution is 2.25. The average molecular weight is 237 g/mol. The summed E-state index contributed by atoms with van der Waals surface area (Å²) in [4.78, 5) is 22.5. The van der Waals surface area contributed by atoms with E-state index in [0.717, 1.165) is 10.9 Å². The second-order valence-corrected chi connectivity index (χ2v) is 4.04. The average Bonchev–Trinajstić information content (AvgIpc) is 2.15. The van der Waals surface area contributed by atoms with E-state index in [4.69, 9.17) is 16.0 Å². The summed E-state index contributed by atoms with van der Waals surface area (Å²) in [5, 5.41) is 1.03. The van der Waals surface area contributed by atoms with Crippen LogP contribution in [-0.2, 0) is 0 Å². The van der Waals surface area contributed by atoms with Gasteiger partial charge in [0, 0.05) is 23.1 Å². The van der Waals surface area contributed by atoms with Crippen LogP contribution in [0.4, 0.5) is 0 Å². The summed E-state index contributed by atoms with van der Waals surface area (Å²) < 4.78 is 5.01. The molecule has 0 bridgehead atoms. The summed E-state index contributed by atoms with van der Waals surface area (Å²) in [7, 11) is 0. The molecule has 16 heavy (non-hydrogen) atoms. The van der Waals surface area contributed by atoms with Gasteiger partial charge in [0.15, 0.2) is 5.78 Å². The minimum atomic E-state index is -0.420. The fourth-order valence-corrected chi connectivity index (χ4v) is 1.90. The van der Waals surface area contributed by atoms with Crippen molar-refractivity contribution in [2.45, 2.75) is 13.8 Å². The highest BCUT2D eigenvalue weighted by molar-refractivity contribution is 6.34. The van der Waals surface area contributed by atoms with Gasteiger partial charge in [0.25, 0.3) is 0 Å². The van der Waals surface area contributed by atoms with E-state index in [9.17, 15) is 9.59 Å². The van der Waals surface area contributed by atoms with Gasteiger partial charge in [-0.2, -0.15) is 0 Å². The van der Waals surface area contributed by atoms with Crippen LogP contribution in [0.15, 0.2) is 27.4 Å². The molecule has 2 rings (SSSR count). The third kappa shape index (κ3) is 1.74. The maximum atomic E-state index is 11.3. The summed E-state index contributed by atoms with van der Waals surface area (Å²) in [5.74, 6) is -0.113. The number of aryl methyl sites for hydroxylation is 1. The molecule has 0 N–H and O–H groups in total. The molecular weight excluding hydrogens is 228 g/mol. The first-order valence-electron chi connectivity index (χ1n) is 4.74. The SMILES string of the molecule is CC(=O)c1cc2c(C)cc(=O)oc2cc1Cl.